The van der Waals surface area contributed by atoms with E-state index >= 15 is 0 Å². The summed E-state index contributed by atoms with van der Waals surface area (Å²) in [5.74, 6) is -0.0345. The zero-order valence-electron chi connectivity index (χ0n) is 15.6. The number of aromatic nitrogens is 1. The van der Waals surface area contributed by atoms with Gasteiger partial charge in [-0.3, -0.25) is 4.79 Å². The summed E-state index contributed by atoms with van der Waals surface area (Å²) in [5.41, 5.74) is 0.0556. The number of fused-ring (bicyclic) bond motifs is 1. The van der Waals surface area contributed by atoms with Crippen molar-refractivity contribution in [1.29, 1.82) is 0 Å². The minimum atomic E-state index is -1.31. The lowest BCUT2D eigenvalue weighted by Crippen LogP contribution is -2.33. The van der Waals surface area contributed by atoms with E-state index in [1.165, 1.54) is 17.0 Å². The number of aromatic amines is 1. The molecule has 2 aliphatic heterocycles. The van der Waals surface area contributed by atoms with E-state index < -0.39 is 11.6 Å². The third-order valence-corrected chi connectivity index (χ3v) is 5.49. The topological polar surface area (TPSA) is 85.9 Å². The van der Waals surface area contributed by atoms with Gasteiger partial charge in [-0.15, -0.1) is 0 Å². The predicted molar refractivity (Wildman–Crippen MR) is 101 cm³/mol. The van der Waals surface area contributed by atoms with Gasteiger partial charge in [0.2, 0.25) is 0 Å². The molecule has 1 saturated heterocycles. The number of alkyl halides is 1. The minimum absolute atomic E-state index is 0.104. The molecule has 7 nitrogen and oxygen atoms in total. The molecule has 1 amide bonds. The van der Waals surface area contributed by atoms with Gasteiger partial charge in [0.1, 0.15) is 18.0 Å². The normalized spacial score (nSPS) is 21.4. The molecule has 0 spiro atoms. The summed E-state index contributed by atoms with van der Waals surface area (Å²) < 4.78 is 20.2. The zero-order valence-corrected chi connectivity index (χ0v) is 15.6. The number of benzene rings is 1. The van der Waals surface area contributed by atoms with E-state index in [9.17, 15) is 14.0 Å². The molecular weight excluding hydrogens is 365 g/mol. The van der Waals surface area contributed by atoms with Crippen LogP contribution >= 0.6 is 0 Å². The second kappa shape index (κ2) is 6.85. The van der Waals surface area contributed by atoms with Gasteiger partial charge in [0, 0.05) is 24.7 Å². The fraction of sp³-hybridized carbons (Fsp3) is 0.400. The summed E-state index contributed by atoms with van der Waals surface area (Å²) in [6.07, 6.45) is 0.745. The Kier molecular flexibility index (Phi) is 4.49. The summed E-state index contributed by atoms with van der Waals surface area (Å²) in [4.78, 5) is 30.5. The highest BCUT2D eigenvalue weighted by molar-refractivity contribution is 5.95. The first-order chi connectivity index (χ1) is 13.4. The van der Waals surface area contributed by atoms with Crippen LogP contribution in [0.2, 0.25) is 0 Å². The van der Waals surface area contributed by atoms with Crippen LogP contribution in [0.4, 0.5) is 15.9 Å². The Bertz CT molecular complexity index is 911. The Morgan fingerprint density at radius 1 is 1.29 bits per heavy atom. The van der Waals surface area contributed by atoms with Crippen molar-refractivity contribution in [2.75, 3.05) is 31.1 Å². The summed E-state index contributed by atoms with van der Waals surface area (Å²) in [6, 6.07) is 8.18. The third kappa shape index (κ3) is 3.19. The molecule has 0 radical (unpaired) electrons. The Hall–Kier alpha value is -3.03. The van der Waals surface area contributed by atoms with Crippen LogP contribution in [0.25, 0.3) is 0 Å². The number of likely N-dealkylation sites (tertiary alicyclic amines) is 1. The molecule has 28 heavy (non-hydrogen) atoms. The maximum atomic E-state index is 14.5. The molecule has 2 aliphatic rings. The Morgan fingerprint density at radius 3 is 2.68 bits per heavy atom. The van der Waals surface area contributed by atoms with Crippen molar-refractivity contribution < 1.29 is 23.8 Å². The number of carboxylic acid groups (broad SMARTS) is 1. The van der Waals surface area contributed by atoms with Crippen molar-refractivity contribution in [3.63, 3.8) is 0 Å². The number of rotatable bonds is 4. The van der Waals surface area contributed by atoms with Crippen molar-refractivity contribution in [3.8, 4) is 5.75 Å². The second-order valence-corrected chi connectivity index (χ2v) is 7.23. The molecule has 3 heterocycles. The van der Waals surface area contributed by atoms with Gasteiger partial charge in [0.15, 0.2) is 11.6 Å². The van der Waals surface area contributed by atoms with E-state index in [-0.39, 0.29) is 18.0 Å². The average Bonchev–Trinajstić information content (AvgIpc) is 3.31. The van der Waals surface area contributed by atoms with Gasteiger partial charge in [-0.25, -0.2) is 9.18 Å². The van der Waals surface area contributed by atoms with Gasteiger partial charge in [-0.2, -0.15) is 0 Å². The number of halogens is 1. The highest BCUT2D eigenvalue weighted by Crippen LogP contribution is 2.38. The number of aromatic carboxylic acids is 1. The van der Waals surface area contributed by atoms with E-state index in [1.54, 1.807) is 25.1 Å². The fourth-order valence-corrected chi connectivity index (χ4v) is 3.72. The van der Waals surface area contributed by atoms with E-state index in [1.807, 2.05) is 4.90 Å². The minimum Gasteiger partial charge on any atom is -0.488 e. The van der Waals surface area contributed by atoms with E-state index in [2.05, 4.69) is 4.98 Å². The predicted octanol–water partition coefficient (Wildman–Crippen LogP) is 3.21. The lowest BCUT2D eigenvalue weighted by Gasteiger charge is -2.28. The number of hydrogen-bond acceptors (Lipinski definition) is 4. The number of nitrogens with one attached hydrogen (secondary N) is 1. The first-order valence-corrected chi connectivity index (χ1v) is 9.35. The van der Waals surface area contributed by atoms with Crippen LogP contribution in [-0.4, -0.2) is 58.8 Å². The molecule has 1 aromatic heterocycles. The number of H-pyrrole nitrogens is 1. The van der Waals surface area contributed by atoms with Gasteiger partial charge >= 0.3 is 5.97 Å². The third-order valence-electron chi connectivity index (χ3n) is 5.49. The molecule has 1 atom stereocenters. The lowest BCUT2D eigenvalue weighted by atomic mass is 10.0. The number of anilines is 2. The molecule has 1 unspecified atom stereocenters. The SMILES string of the molecule is CCC1(F)CCN(C(=O)c2cc3c([nH]2)N(c2ccc(C(=O)O)cc2)CCO3)C1. The standard InChI is InChI=1S/C20H22FN3O4/c1-2-20(21)7-8-23(12-20)18(25)15-11-16-17(22-15)24(9-10-28-16)14-5-3-13(4-6-14)19(26)27/h3-6,11,22H,2,7-10,12H2,1H3,(H,26,27). The largest absolute Gasteiger partial charge is 0.488 e. The second-order valence-electron chi connectivity index (χ2n) is 7.23. The highest BCUT2D eigenvalue weighted by atomic mass is 19.1. The van der Waals surface area contributed by atoms with Crippen molar-refractivity contribution in [2.24, 2.45) is 0 Å². The van der Waals surface area contributed by atoms with Crippen molar-refractivity contribution in [3.05, 3.63) is 41.6 Å². The maximum absolute atomic E-state index is 14.5. The van der Waals surface area contributed by atoms with Gasteiger partial charge in [0.25, 0.3) is 5.91 Å². The Labute approximate surface area is 161 Å². The number of carboxylic acids is 1. The van der Waals surface area contributed by atoms with Crippen molar-refractivity contribution >= 4 is 23.4 Å². The van der Waals surface area contributed by atoms with Crippen LogP contribution in [0.5, 0.6) is 5.75 Å². The zero-order chi connectivity index (χ0) is 19.9. The Morgan fingerprint density at radius 2 is 2.04 bits per heavy atom. The van der Waals surface area contributed by atoms with Gasteiger partial charge in [-0.1, -0.05) is 6.92 Å². The van der Waals surface area contributed by atoms with E-state index in [0.29, 0.717) is 49.8 Å². The number of carbonyl (C=O) groups excluding carboxylic acids is 1. The van der Waals surface area contributed by atoms with Gasteiger partial charge < -0.3 is 24.6 Å². The maximum Gasteiger partial charge on any atom is 0.335 e. The molecular formula is C20H22FN3O4. The summed E-state index contributed by atoms with van der Waals surface area (Å²) in [5, 5.41) is 9.06. The Balaban J connectivity index is 1.58. The monoisotopic (exact) mass is 387 g/mol. The van der Waals surface area contributed by atoms with Crippen LogP contribution < -0.4 is 9.64 Å². The van der Waals surface area contributed by atoms with Crippen molar-refractivity contribution in [1.82, 2.24) is 9.88 Å². The molecule has 1 fully saturated rings. The van der Waals surface area contributed by atoms with Crippen LogP contribution in [0.15, 0.2) is 30.3 Å². The van der Waals surface area contributed by atoms with Crippen LogP contribution in [0, 0.1) is 0 Å². The number of ether oxygens (including phenoxy) is 1. The fourth-order valence-electron chi connectivity index (χ4n) is 3.72. The van der Waals surface area contributed by atoms with E-state index in [4.69, 9.17) is 9.84 Å². The molecule has 148 valence electrons. The lowest BCUT2D eigenvalue weighted by molar-refractivity contribution is 0.0695. The number of hydrogen-bond donors (Lipinski definition) is 2. The van der Waals surface area contributed by atoms with Gasteiger partial charge in [-0.05, 0) is 30.7 Å². The molecule has 0 bridgehead atoms. The number of nitrogens with zero attached hydrogens (tertiary/aromatic N) is 2. The molecule has 0 aliphatic carbocycles. The van der Waals surface area contributed by atoms with E-state index in [0.717, 1.165) is 5.69 Å². The molecule has 2 aromatic rings. The smallest absolute Gasteiger partial charge is 0.335 e. The van der Waals surface area contributed by atoms with Crippen LogP contribution in [0.1, 0.15) is 40.6 Å². The first kappa shape index (κ1) is 18.3. The van der Waals surface area contributed by atoms with Crippen LogP contribution in [-0.2, 0) is 0 Å². The molecule has 1 aromatic carbocycles. The quantitative estimate of drug-likeness (QED) is 0.841. The molecule has 2 N–H and O–H groups in total. The van der Waals surface area contributed by atoms with Crippen molar-refractivity contribution in [2.45, 2.75) is 25.4 Å². The molecule has 8 heteroatoms. The average molecular weight is 387 g/mol. The molecule has 4 rings (SSSR count). The van der Waals surface area contributed by atoms with Gasteiger partial charge in [0.05, 0.1) is 18.7 Å². The van der Waals surface area contributed by atoms with Crippen LogP contribution in [0.3, 0.4) is 0 Å². The molecule has 0 saturated carbocycles. The highest BCUT2D eigenvalue weighted by Gasteiger charge is 2.39. The first-order valence-electron chi connectivity index (χ1n) is 9.35. The number of amides is 1. The number of carbonyl (C=O) groups is 2. The summed E-state index contributed by atoms with van der Waals surface area (Å²) >= 11 is 0. The summed E-state index contributed by atoms with van der Waals surface area (Å²) in [7, 11) is 0. The summed E-state index contributed by atoms with van der Waals surface area (Å²) in [6.45, 7) is 3.29.